The van der Waals surface area contributed by atoms with E-state index in [2.05, 4.69) is 12.2 Å². The first-order chi connectivity index (χ1) is 5.72. The van der Waals surface area contributed by atoms with Gasteiger partial charge in [-0.1, -0.05) is 19.1 Å². The lowest BCUT2D eigenvalue weighted by Gasteiger charge is -2.00. The Morgan fingerprint density at radius 2 is 2.00 bits per heavy atom. The van der Waals surface area contributed by atoms with Crippen LogP contribution in [0.2, 0.25) is 0 Å². The Hall–Kier alpha value is -1.02. The quantitative estimate of drug-likeness (QED) is 0.554. The molecule has 64 valence electrons. The minimum atomic E-state index is -0.556. The van der Waals surface area contributed by atoms with Crippen molar-refractivity contribution in [3.05, 3.63) is 29.8 Å². The van der Waals surface area contributed by atoms with E-state index in [9.17, 15) is 4.79 Å². The van der Waals surface area contributed by atoms with Crippen LogP contribution in [0.4, 0.5) is 10.5 Å². The molecule has 1 aromatic carbocycles. The average Bonchev–Trinajstić information content (AvgIpc) is 2.05. The second-order valence-corrected chi connectivity index (χ2v) is 2.79. The van der Waals surface area contributed by atoms with Crippen LogP contribution in [0.5, 0.6) is 0 Å². The zero-order chi connectivity index (χ0) is 8.97. The number of benzene rings is 1. The Morgan fingerprint density at radius 3 is 2.42 bits per heavy atom. The van der Waals surface area contributed by atoms with Gasteiger partial charge in [0.1, 0.15) is 0 Å². The monoisotopic (exact) mass is 183 g/mol. The summed E-state index contributed by atoms with van der Waals surface area (Å²) in [5.74, 6) is 0. The summed E-state index contributed by atoms with van der Waals surface area (Å²) < 4.78 is 0. The second kappa shape index (κ2) is 4.12. The molecule has 0 bridgehead atoms. The first kappa shape index (κ1) is 9.07. The first-order valence-corrected chi connectivity index (χ1v) is 4.15. The van der Waals surface area contributed by atoms with Crippen molar-refractivity contribution in [3.63, 3.8) is 0 Å². The molecule has 0 unspecified atom stereocenters. The highest BCUT2D eigenvalue weighted by Gasteiger charge is 1.95. The summed E-state index contributed by atoms with van der Waals surface area (Å²) in [5, 5.41) is 1.93. The number of carbonyl (C=O) groups is 1. The number of hydrogen-bond acceptors (Lipinski definition) is 1. The van der Waals surface area contributed by atoms with Crippen LogP contribution < -0.4 is 5.32 Å². The van der Waals surface area contributed by atoms with E-state index in [1.54, 1.807) is 0 Å². The Morgan fingerprint density at radius 1 is 1.42 bits per heavy atom. The summed E-state index contributed by atoms with van der Waals surface area (Å²) in [7, 11) is 0. The molecule has 12 heavy (non-hydrogen) atoms. The van der Waals surface area contributed by atoms with Gasteiger partial charge in [0.05, 0.1) is 0 Å². The van der Waals surface area contributed by atoms with Crippen molar-refractivity contribution < 1.29 is 4.79 Å². The van der Waals surface area contributed by atoms with E-state index in [-0.39, 0.29) is 0 Å². The van der Waals surface area contributed by atoms with Crippen molar-refractivity contribution in [3.8, 4) is 0 Å². The summed E-state index contributed by atoms with van der Waals surface area (Å²) in [4.78, 5) is 10.4. The second-order valence-electron chi connectivity index (χ2n) is 2.45. The van der Waals surface area contributed by atoms with Crippen LogP contribution in [-0.2, 0) is 6.42 Å². The fourth-order valence-electron chi connectivity index (χ4n) is 0.937. The molecule has 0 aliphatic heterocycles. The van der Waals surface area contributed by atoms with Crippen LogP contribution in [0.1, 0.15) is 12.5 Å². The van der Waals surface area contributed by atoms with Gasteiger partial charge in [-0.05, 0) is 35.7 Å². The number of amides is 1. The van der Waals surface area contributed by atoms with Crippen molar-refractivity contribution in [2.45, 2.75) is 13.3 Å². The summed E-state index contributed by atoms with van der Waals surface area (Å²) in [6.07, 6.45) is 0.995. The molecular weight excluding hydrogens is 174 g/mol. The summed E-state index contributed by atoms with van der Waals surface area (Å²) >= 11 is 5.14. The highest BCUT2D eigenvalue weighted by Crippen LogP contribution is 2.10. The van der Waals surface area contributed by atoms with E-state index in [1.807, 2.05) is 24.3 Å². The maximum Gasteiger partial charge on any atom is 0.318 e. The highest BCUT2D eigenvalue weighted by molar-refractivity contribution is 6.65. The third-order valence-corrected chi connectivity index (χ3v) is 1.70. The van der Waals surface area contributed by atoms with Gasteiger partial charge in [-0.25, -0.2) is 0 Å². The van der Waals surface area contributed by atoms with Crippen LogP contribution in [-0.4, -0.2) is 5.37 Å². The van der Waals surface area contributed by atoms with E-state index in [0.717, 1.165) is 12.1 Å². The topological polar surface area (TPSA) is 29.1 Å². The average molecular weight is 184 g/mol. The van der Waals surface area contributed by atoms with Gasteiger partial charge in [-0.2, -0.15) is 0 Å². The smallest absolute Gasteiger partial charge is 0.312 e. The molecule has 0 atom stereocenters. The maximum absolute atomic E-state index is 10.4. The molecule has 1 amide bonds. The molecule has 1 N–H and O–H groups in total. The number of carbonyl (C=O) groups excluding carboxylic acids is 1. The molecule has 3 heteroatoms. The van der Waals surface area contributed by atoms with E-state index in [0.29, 0.717) is 0 Å². The molecule has 0 saturated heterocycles. The molecule has 1 rings (SSSR count). The lowest BCUT2D eigenvalue weighted by Crippen LogP contribution is -2.00. The standard InChI is InChI=1S/C9H10ClNO/c1-2-7-3-5-8(6-4-7)11-9(10)12/h3-6H,2H2,1H3,(H,11,12). The molecule has 1 aromatic rings. The maximum atomic E-state index is 10.4. The molecule has 0 heterocycles. The predicted octanol–water partition coefficient (Wildman–Crippen LogP) is 3.02. The van der Waals surface area contributed by atoms with Crippen molar-refractivity contribution in [1.29, 1.82) is 0 Å². The molecule has 2 nitrogen and oxygen atoms in total. The summed E-state index contributed by atoms with van der Waals surface area (Å²) in [5.41, 5.74) is 1.97. The van der Waals surface area contributed by atoms with Gasteiger partial charge < -0.3 is 5.32 Å². The zero-order valence-corrected chi connectivity index (χ0v) is 7.56. The van der Waals surface area contributed by atoms with Crippen molar-refractivity contribution in [2.75, 3.05) is 5.32 Å². The van der Waals surface area contributed by atoms with Gasteiger partial charge in [0.25, 0.3) is 0 Å². The van der Waals surface area contributed by atoms with Crippen LogP contribution >= 0.6 is 11.6 Å². The fourth-order valence-corrected chi connectivity index (χ4v) is 1.05. The minimum absolute atomic E-state index is 0.556. The fraction of sp³-hybridized carbons (Fsp3) is 0.222. The Labute approximate surface area is 76.5 Å². The normalized spacial score (nSPS) is 9.50. The van der Waals surface area contributed by atoms with Gasteiger partial charge in [0.15, 0.2) is 0 Å². The van der Waals surface area contributed by atoms with Crippen LogP contribution in [0.15, 0.2) is 24.3 Å². The Balaban J connectivity index is 2.71. The molecule has 0 fully saturated rings. The molecule has 0 spiro atoms. The molecule has 0 radical (unpaired) electrons. The number of rotatable bonds is 2. The van der Waals surface area contributed by atoms with Crippen LogP contribution in [0, 0.1) is 0 Å². The zero-order valence-electron chi connectivity index (χ0n) is 6.80. The number of aryl methyl sites for hydroxylation is 1. The first-order valence-electron chi connectivity index (χ1n) is 3.78. The van der Waals surface area contributed by atoms with Crippen molar-refractivity contribution in [1.82, 2.24) is 0 Å². The molecule has 0 aliphatic rings. The number of halogens is 1. The number of anilines is 1. The van der Waals surface area contributed by atoms with Gasteiger partial charge >= 0.3 is 5.37 Å². The third kappa shape index (κ3) is 2.55. The Kier molecular flexibility index (Phi) is 3.11. The van der Waals surface area contributed by atoms with Crippen molar-refractivity contribution >= 4 is 22.7 Å². The molecule has 0 aliphatic carbocycles. The molecule has 0 aromatic heterocycles. The van der Waals surface area contributed by atoms with Gasteiger partial charge in [-0.15, -0.1) is 0 Å². The van der Waals surface area contributed by atoms with Crippen molar-refractivity contribution in [2.24, 2.45) is 0 Å². The highest BCUT2D eigenvalue weighted by atomic mass is 35.5. The van der Waals surface area contributed by atoms with Crippen LogP contribution in [0.3, 0.4) is 0 Å². The largest absolute Gasteiger partial charge is 0.318 e. The lowest BCUT2D eigenvalue weighted by molar-refractivity contribution is 0.269. The predicted molar refractivity (Wildman–Crippen MR) is 50.7 cm³/mol. The van der Waals surface area contributed by atoms with Crippen LogP contribution in [0.25, 0.3) is 0 Å². The van der Waals surface area contributed by atoms with E-state index >= 15 is 0 Å². The summed E-state index contributed by atoms with van der Waals surface area (Å²) in [6.45, 7) is 2.08. The molecule has 0 saturated carbocycles. The van der Waals surface area contributed by atoms with E-state index in [1.165, 1.54) is 5.56 Å². The van der Waals surface area contributed by atoms with Gasteiger partial charge in [0.2, 0.25) is 0 Å². The van der Waals surface area contributed by atoms with E-state index in [4.69, 9.17) is 11.6 Å². The lowest BCUT2D eigenvalue weighted by atomic mass is 10.1. The Bertz CT molecular complexity index is 268. The number of nitrogens with one attached hydrogen (secondary N) is 1. The number of hydrogen-bond donors (Lipinski definition) is 1. The summed E-state index contributed by atoms with van der Waals surface area (Å²) in [6, 6.07) is 7.59. The SMILES string of the molecule is CCc1ccc(NC(=O)Cl)cc1. The minimum Gasteiger partial charge on any atom is -0.312 e. The molecular formula is C9H10ClNO. The van der Waals surface area contributed by atoms with Gasteiger partial charge in [-0.3, -0.25) is 4.79 Å². The van der Waals surface area contributed by atoms with E-state index < -0.39 is 5.37 Å². The third-order valence-electron chi connectivity index (χ3n) is 1.60. The van der Waals surface area contributed by atoms with Gasteiger partial charge in [0, 0.05) is 5.69 Å².